The Labute approximate surface area is 112 Å². The number of aliphatic hydroxyl groups excluding tert-OH is 1. The quantitative estimate of drug-likeness (QED) is 0.759. The SMILES string of the molecule is CNCC1CCN(CC(O)CC2CCCC2)CC1. The highest BCUT2D eigenvalue weighted by atomic mass is 16.3. The Hall–Kier alpha value is -0.120. The molecule has 0 aromatic rings. The highest BCUT2D eigenvalue weighted by molar-refractivity contribution is 4.77. The average Bonchev–Trinajstić information content (AvgIpc) is 2.84. The second-order valence-electron chi connectivity index (χ2n) is 6.34. The molecule has 1 saturated heterocycles. The first-order chi connectivity index (χ1) is 8.78. The van der Waals surface area contributed by atoms with Gasteiger partial charge in [0.15, 0.2) is 0 Å². The second-order valence-corrected chi connectivity index (χ2v) is 6.34. The molecule has 0 aromatic carbocycles. The summed E-state index contributed by atoms with van der Waals surface area (Å²) in [6, 6.07) is 0. The number of piperidine rings is 1. The predicted molar refractivity (Wildman–Crippen MR) is 75.7 cm³/mol. The summed E-state index contributed by atoms with van der Waals surface area (Å²) in [5.41, 5.74) is 0. The van der Waals surface area contributed by atoms with E-state index in [1.54, 1.807) is 0 Å². The van der Waals surface area contributed by atoms with E-state index in [0.717, 1.165) is 31.3 Å². The molecular formula is C15H30N2O. The van der Waals surface area contributed by atoms with Crippen molar-refractivity contribution in [2.24, 2.45) is 11.8 Å². The van der Waals surface area contributed by atoms with Crippen LogP contribution in [0, 0.1) is 11.8 Å². The third-order valence-electron chi connectivity index (χ3n) is 4.75. The van der Waals surface area contributed by atoms with Gasteiger partial charge in [0, 0.05) is 6.54 Å². The molecule has 1 aliphatic heterocycles. The fourth-order valence-corrected chi connectivity index (χ4v) is 3.67. The number of β-amino-alcohol motifs (C(OH)–C–C–N with tert-alkyl or cyclic N) is 1. The van der Waals surface area contributed by atoms with Crippen molar-refractivity contribution in [3.8, 4) is 0 Å². The second kappa shape index (κ2) is 7.46. The standard InChI is InChI=1S/C15H30N2O/c1-16-11-14-6-8-17(9-7-14)12-15(18)10-13-4-2-3-5-13/h13-16,18H,2-12H2,1H3. The lowest BCUT2D eigenvalue weighted by molar-refractivity contribution is 0.0732. The molecule has 1 saturated carbocycles. The fraction of sp³-hybridized carbons (Fsp3) is 1.00. The number of nitrogens with zero attached hydrogens (tertiary/aromatic N) is 1. The zero-order chi connectivity index (χ0) is 12.8. The van der Waals surface area contributed by atoms with E-state index in [1.165, 1.54) is 51.6 Å². The highest BCUT2D eigenvalue weighted by Crippen LogP contribution is 2.29. The van der Waals surface area contributed by atoms with E-state index in [4.69, 9.17) is 0 Å². The van der Waals surface area contributed by atoms with Gasteiger partial charge in [-0.15, -0.1) is 0 Å². The first-order valence-corrected chi connectivity index (χ1v) is 7.83. The monoisotopic (exact) mass is 254 g/mol. The minimum atomic E-state index is -0.0889. The van der Waals surface area contributed by atoms with Crippen LogP contribution in [-0.2, 0) is 0 Å². The van der Waals surface area contributed by atoms with Crippen LogP contribution in [0.2, 0.25) is 0 Å². The zero-order valence-corrected chi connectivity index (χ0v) is 11.9. The smallest absolute Gasteiger partial charge is 0.0669 e. The van der Waals surface area contributed by atoms with Crippen LogP contribution in [0.3, 0.4) is 0 Å². The summed E-state index contributed by atoms with van der Waals surface area (Å²) in [6.45, 7) is 4.41. The van der Waals surface area contributed by atoms with Crippen molar-refractivity contribution in [3.05, 3.63) is 0 Å². The normalized spacial score (nSPS) is 25.7. The lowest BCUT2D eigenvalue weighted by Gasteiger charge is -2.33. The lowest BCUT2D eigenvalue weighted by Crippen LogP contribution is -2.41. The van der Waals surface area contributed by atoms with Gasteiger partial charge in [-0.2, -0.15) is 0 Å². The van der Waals surface area contributed by atoms with Crippen LogP contribution in [0.4, 0.5) is 0 Å². The van der Waals surface area contributed by atoms with Crippen molar-refractivity contribution in [1.29, 1.82) is 0 Å². The molecule has 1 atom stereocenters. The third kappa shape index (κ3) is 4.52. The first kappa shape index (κ1) is 14.3. The molecule has 18 heavy (non-hydrogen) atoms. The summed E-state index contributed by atoms with van der Waals surface area (Å²) >= 11 is 0. The van der Waals surface area contributed by atoms with Crippen LogP contribution in [-0.4, -0.2) is 49.3 Å². The Bertz CT molecular complexity index is 221. The Morgan fingerprint density at radius 2 is 1.78 bits per heavy atom. The molecule has 3 heteroatoms. The summed E-state index contributed by atoms with van der Waals surface area (Å²) < 4.78 is 0. The highest BCUT2D eigenvalue weighted by Gasteiger charge is 2.23. The minimum absolute atomic E-state index is 0.0889. The van der Waals surface area contributed by atoms with Gasteiger partial charge in [-0.25, -0.2) is 0 Å². The summed E-state index contributed by atoms with van der Waals surface area (Å²) in [5.74, 6) is 1.65. The van der Waals surface area contributed by atoms with Crippen LogP contribution in [0.15, 0.2) is 0 Å². The van der Waals surface area contributed by atoms with Gasteiger partial charge in [-0.3, -0.25) is 0 Å². The molecule has 0 radical (unpaired) electrons. The fourth-order valence-electron chi connectivity index (χ4n) is 3.67. The largest absolute Gasteiger partial charge is 0.392 e. The number of rotatable bonds is 6. The Kier molecular flexibility index (Phi) is 5.93. The van der Waals surface area contributed by atoms with Gasteiger partial charge in [-0.1, -0.05) is 25.7 Å². The van der Waals surface area contributed by atoms with Crippen molar-refractivity contribution >= 4 is 0 Å². The summed E-state index contributed by atoms with van der Waals surface area (Å²) in [5, 5.41) is 13.5. The number of likely N-dealkylation sites (tertiary alicyclic amines) is 1. The molecule has 3 nitrogen and oxygen atoms in total. The number of nitrogens with one attached hydrogen (secondary N) is 1. The number of hydrogen-bond acceptors (Lipinski definition) is 3. The van der Waals surface area contributed by atoms with Gasteiger partial charge < -0.3 is 15.3 Å². The van der Waals surface area contributed by atoms with E-state index in [-0.39, 0.29) is 6.10 Å². The maximum absolute atomic E-state index is 10.2. The van der Waals surface area contributed by atoms with Crippen molar-refractivity contribution in [2.75, 3.05) is 33.2 Å². The Balaban J connectivity index is 1.61. The molecule has 2 aliphatic rings. The van der Waals surface area contributed by atoms with Gasteiger partial charge in [0.1, 0.15) is 0 Å². The number of aliphatic hydroxyl groups is 1. The summed E-state index contributed by atoms with van der Waals surface area (Å²) in [4.78, 5) is 2.46. The molecule has 0 aromatic heterocycles. The molecule has 2 rings (SSSR count). The van der Waals surface area contributed by atoms with Gasteiger partial charge >= 0.3 is 0 Å². The van der Waals surface area contributed by atoms with Gasteiger partial charge in [-0.05, 0) is 57.8 Å². The van der Waals surface area contributed by atoms with Crippen molar-refractivity contribution in [2.45, 2.75) is 51.0 Å². The summed E-state index contributed by atoms with van der Waals surface area (Å²) in [7, 11) is 2.04. The van der Waals surface area contributed by atoms with Gasteiger partial charge in [0.25, 0.3) is 0 Å². The van der Waals surface area contributed by atoms with Crippen LogP contribution >= 0.6 is 0 Å². The van der Waals surface area contributed by atoms with Crippen molar-refractivity contribution in [1.82, 2.24) is 10.2 Å². The predicted octanol–water partition coefficient (Wildman–Crippen LogP) is 1.86. The maximum Gasteiger partial charge on any atom is 0.0669 e. The van der Waals surface area contributed by atoms with E-state index in [9.17, 15) is 5.11 Å². The molecular weight excluding hydrogens is 224 g/mol. The lowest BCUT2D eigenvalue weighted by atomic mass is 9.95. The van der Waals surface area contributed by atoms with Crippen LogP contribution in [0.1, 0.15) is 44.9 Å². The molecule has 0 amide bonds. The zero-order valence-electron chi connectivity index (χ0n) is 11.9. The molecule has 1 unspecified atom stereocenters. The molecule has 0 bridgehead atoms. The first-order valence-electron chi connectivity index (χ1n) is 7.83. The molecule has 2 N–H and O–H groups in total. The minimum Gasteiger partial charge on any atom is -0.392 e. The van der Waals surface area contributed by atoms with E-state index >= 15 is 0 Å². The van der Waals surface area contributed by atoms with E-state index in [2.05, 4.69) is 10.2 Å². The topological polar surface area (TPSA) is 35.5 Å². The Morgan fingerprint density at radius 1 is 1.11 bits per heavy atom. The van der Waals surface area contributed by atoms with Crippen LogP contribution in [0.5, 0.6) is 0 Å². The third-order valence-corrected chi connectivity index (χ3v) is 4.75. The Morgan fingerprint density at radius 3 is 2.39 bits per heavy atom. The molecule has 0 spiro atoms. The van der Waals surface area contributed by atoms with Gasteiger partial charge in [0.2, 0.25) is 0 Å². The van der Waals surface area contributed by atoms with E-state index < -0.39 is 0 Å². The van der Waals surface area contributed by atoms with Crippen molar-refractivity contribution in [3.63, 3.8) is 0 Å². The average molecular weight is 254 g/mol. The molecule has 1 heterocycles. The summed E-state index contributed by atoms with van der Waals surface area (Å²) in [6.07, 6.45) is 8.99. The van der Waals surface area contributed by atoms with Crippen molar-refractivity contribution < 1.29 is 5.11 Å². The van der Waals surface area contributed by atoms with E-state index in [1.807, 2.05) is 7.05 Å². The van der Waals surface area contributed by atoms with Gasteiger partial charge in [0.05, 0.1) is 6.10 Å². The van der Waals surface area contributed by atoms with Crippen LogP contribution in [0.25, 0.3) is 0 Å². The molecule has 1 aliphatic carbocycles. The van der Waals surface area contributed by atoms with Crippen LogP contribution < -0.4 is 5.32 Å². The number of hydrogen-bond donors (Lipinski definition) is 2. The molecule has 2 fully saturated rings. The maximum atomic E-state index is 10.2. The van der Waals surface area contributed by atoms with E-state index in [0.29, 0.717) is 0 Å². The molecule has 106 valence electrons.